The number of hydrogen-bond acceptors (Lipinski definition) is 4. The molecule has 1 aliphatic heterocycles. The number of aromatic nitrogens is 2. The fourth-order valence-electron chi connectivity index (χ4n) is 2.64. The van der Waals surface area contributed by atoms with Crippen molar-refractivity contribution in [2.24, 2.45) is 0 Å². The maximum Gasteiger partial charge on any atom is 0.132 e. The summed E-state index contributed by atoms with van der Waals surface area (Å²) in [7, 11) is 0. The molecule has 1 aromatic carbocycles. The van der Waals surface area contributed by atoms with Gasteiger partial charge < -0.3 is 4.90 Å². The molecule has 116 valence electrons. The lowest BCUT2D eigenvalue weighted by molar-refractivity contribution is 0.249. The molecule has 1 aliphatic rings. The van der Waals surface area contributed by atoms with E-state index in [9.17, 15) is 0 Å². The third-order valence-electron chi connectivity index (χ3n) is 3.88. The summed E-state index contributed by atoms with van der Waals surface area (Å²) in [6, 6.07) is 7.88. The summed E-state index contributed by atoms with van der Waals surface area (Å²) >= 11 is 12.0. The monoisotopic (exact) mass is 336 g/mol. The highest BCUT2D eigenvalue weighted by atomic mass is 35.5. The van der Waals surface area contributed by atoms with Crippen LogP contribution in [-0.2, 0) is 6.54 Å². The lowest BCUT2D eigenvalue weighted by Crippen LogP contribution is -2.46. The normalized spacial score (nSPS) is 16.0. The molecule has 0 saturated carbocycles. The number of rotatable bonds is 3. The van der Waals surface area contributed by atoms with Gasteiger partial charge in [0.15, 0.2) is 0 Å². The topological polar surface area (TPSA) is 32.3 Å². The number of anilines is 1. The van der Waals surface area contributed by atoms with Crippen LogP contribution in [0.5, 0.6) is 0 Å². The highest BCUT2D eigenvalue weighted by Gasteiger charge is 2.18. The van der Waals surface area contributed by atoms with Gasteiger partial charge in [-0.3, -0.25) is 4.90 Å². The molecular formula is C16H18Cl2N4. The molecule has 4 nitrogen and oxygen atoms in total. The van der Waals surface area contributed by atoms with E-state index in [0.717, 1.165) is 44.2 Å². The predicted octanol–water partition coefficient (Wildman–Crippen LogP) is 3.41. The largest absolute Gasteiger partial charge is 0.354 e. The second-order valence-electron chi connectivity index (χ2n) is 5.53. The number of hydrogen-bond donors (Lipinski definition) is 0. The summed E-state index contributed by atoms with van der Waals surface area (Å²) in [5.74, 6) is 1.02. The van der Waals surface area contributed by atoms with Crippen LogP contribution in [0.25, 0.3) is 0 Å². The van der Waals surface area contributed by atoms with E-state index in [1.54, 1.807) is 6.33 Å². The molecule has 0 atom stereocenters. The molecule has 1 aromatic heterocycles. The van der Waals surface area contributed by atoms with E-state index < -0.39 is 0 Å². The number of halogens is 2. The van der Waals surface area contributed by atoms with Crippen LogP contribution in [0.15, 0.2) is 30.6 Å². The number of nitrogens with zero attached hydrogens (tertiary/aromatic N) is 4. The van der Waals surface area contributed by atoms with Crippen LogP contribution in [0.1, 0.15) is 11.3 Å². The van der Waals surface area contributed by atoms with Crippen molar-refractivity contribution in [2.45, 2.75) is 13.5 Å². The highest BCUT2D eigenvalue weighted by Crippen LogP contribution is 2.23. The van der Waals surface area contributed by atoms with E-state index >= 15 is 0 Å². The Labute approximate surface area is 140 Å². The van der Waals surface area contributed by atoms with Crippen molar-refractivity contribution in [3.05, 3.63) is 51.9 Å². The van der Waals surface area contributed by atoms with Crippen LogP contribution in [0.3, 0.4) is 0 Å². The van der Waals surface area contributed by atoms with E-state index in [0.29, 0.717) is 10.0 Å². The van der Waals surface area contributed by atoms with Crippen molar-refractivity contribution in [3.63, 3.8) is 0 Å². The second kappa shape index (κ2) is 6.82. The molecule has 2 heterocycles. The summed E-state index contributed by atoms with van der Waals surface area (Å²) in [5.41, 5.74) is 2.20. The van der Waals surface area contributed by atoms with Gasteiger partial charge >= 0.3 is 0 Å². The molecule has 0 unspecified atom stereocenters. The average Bonchev–Trinajstić information content (AvgIpc) is 2.52. The van der Waals surface area contributed by atoms with Gasteiger partial charge in [-0.25, -0.2) is 9.97 Å². The summed E-state index contributed by atoms with van der Waals surface area (Å²) < 4.78 is 0. The molecule has 0 spiro atoms. The van der Waals surface area contributed by atoms with E-state index in [-0.39, 0.29) is 0 Å². The van der Waals surface area contributed by atoms with Gasteiger partial charge in [0, 0.05) is 44.5 Å². The SMILES string of the molecule is Cc1cc(N2CCN(Cc3ccc(Cl)c(Cl)c3)CC2)ncn1. The molecule has 1 fully saturated rings. The first-order valence-electron chi connectivity index (χ1n) is 7.32. The minimum atomic E-state index is 0.606. The zero-order valence-electron chi connectivity index (χ0n) is 12.5. The summed E-state index contributed by atoms with van der Waals surface area (Å²) in [5, 5.41) is 1.23. The number of piperazine rings is 1. The Morgan fingerprint density at radius 2 is 1.77 bits per heavy atom. The minimum absolute atomic E-state index is 0.606. The fourth-order valence-corrected chi connectivity index (χ4v) is 2.97. The first kappa shape index (κ1) is 15.5. The van der Waals surface area contributed by atoms with Crippen molar-refractivity contribution in [1.29, 1.82) is 0 Å². The smallest absolute Gasteiger partial charge is 0.132 e. The van der Waals surface area contributed by atoms with Crippen LogP contribution in [0.4, 0.5) is 5.82 Å². The molecule has 6 heteroatoms. The number of benzene rings is 1. The fraction of sp³-hybridized carbons (Fsp3) is 0.375. The quantitative estimate of drug-likeness (QED) is 0.859. The average molecular weight is 337 g/mol. The van der Waals surface area contributed by atoms with Gasteiger partial charge in [0.25, 0.3) is 0 Å². The molecule has 0 N–H and O–H groups in total. The maximum absolute atomic E-state index is 6.08. The second-order valence-corrected chi connectivity index (χ2v) is 6.34. The Kier molecular flexibility index (Phi) is 4.81. The molecule has 2 aromatic rings. The summed E-state index contributed by atoms with van der Waals surface area (Å²) in [4.78, 5) is 13.2. The van der Waals surface area contributed by atoms with Gasteiger partial charge in [0.2, 0.25) is 0 Å². The first-order valence-corrected chi connectivity index (χ1v) is 8.07. The van der Waals surface area contributed by atoms with Crippen LogP contribution in [0, 0.1) is 6.92 Å². The van der Waals surface area contributed by atoms with Gasteiger partial charge in [0.05, 0.1) is 10.0 Å². The van der Waals surface area contributed by atoms with Crippen molar-refractivity contribution >= 4 is 29.0 Å². The van der Waals surface area contributed by atoms with Crippen molar-refractivity contribution in [1.82, 2.24) is 14.9 Å². The molecule has 3 rings (SSSR count). The van der Waals surface area contributed by atoms with Crippen molar-refractivity contribution in [2.75, 3.05) is 31.1 Å². The van der Waals surface area contributed by atoms with Crippen LogP contribution in [-0.4, -0.2) is 41.0 Å². The Balaban J connectivity index is 1.58. The van der Waals surface area contributed by atoms with Crippen molar-refractivity contribution in [3.8, 4) is 0 Å². The highest BCUT2D eigenvalue weighted by molar-refractivity contribution is 6.42. The Bertz CT molecular complexity index is 654. The Morgan fingerprint density at radius 3 is 2.45 bits per heavy atom. The van der Waals surface area contributed by atoms with E-state index in [1.165, 1.54) is 5.56 Å². The summed E-state index contributed by atoms with van der Waals surface area (Å²) in [6.45, 7) is 6.83. The molecule has 0 aliphatic carbocycles. The molecular weight excluding hydrogens is 319 g/mol. The van der Waals surface area contributed by atoms with E-state index in [2.05, 4.69) is 19.8 Å². The van der Waals surface area contributed by atoms with Gasteiger partial charge in [-0.1, -0.05) is 29.3 Å². The molecule has 0 amide bonds. The zero-order chi connectivity index (χ0) is 15.5. The standard InChI is InChI=1S/C16H18Cl2N4/c1-12-8-16(20-11-19-12)22-6-4-21(5-7-22)10-13-2-3-14(17)15(18)9-13/h2-3,8-9,11H,4-7,10H2,1H3. The minimum Gasteiger partial charge on any atom is -0.354 e. The summed E-state index contributed by atoms with van der Waals surface area (Å²) in [6.07, 6.45) is 1.63. The first-order chi connectivity index (χ1) is 10.6. The molecule has 0 bridgehead atoms. The lowest BCUT2D eigenvalue weighted by atomic mass is 10.2. The Hall–Kier alpha value is -1.36. The van der Waals surface area contributed by atoms with Crippen LogP contribution >= 0.6 is 23.2 Å². The Morgan fingerprint density at radius 1 is 1.00 bits per heavy atom. The van der Waals surface area contributed by atoms with Gasteiger partial charge in [-0.05, 0) is 24.6 Å². The molecule has 0 radical (unpaired) electrons. The van der Waals surface area contributed by atoms with Gasteiger partial charge in [0.1, 0.15) is 12.1 Å². The van der Waals surface area contributed by atoms with E-state index in [1.807, 2.05) is 31.2 Å². The molecule has 1 saturated heterocycles. The van der Waals surface area contributed by atoms with E-state index in [4.69, 9.17) is 23.2 Å². The zero-order valence-corrected chi connectivity index (χ0v) is 14.0. The van der Waals surface area contributed by atoms with Crippen LogP contribution in [0.2, 0.25) is 10.0 Å². The van der Waals surface area contributed by atoms with Gasteiger partial charge in [-0.2, -0.15) is 0 Å². The van der Waals surface area contributed by atoms with Gasteiger partial charge in [-0.15, -0.1) is 0 Å². The lowest BCUT2D eigenvalue weighted by Gasteiger charge is -2.35. The predicted molar refractivity (Wildman–Crippen MR) is 90.7 cm³/mol. The molecule has 22 heavy (non-hydrogen) atoms. The van der Waals surface area contributed by atoms with Crippen LogP contribution < -0.4 is 4.90 Å². The van der Waals surface area contributed by atoms with Crippen molar-refractivity contribution < 1.29 is 0 Å². The third kappa shape index (κ3) is 3.69. The third-order valence-corrected chi connectivity index (χ3v) is 4.61. The number of aryl methyl sites for hydroxylation is 1. The maximum atomic E-state index is 6.08.